The van der Waals surface area contributed by atoms with Crippen molar-refractivity contribution in [2.45, 2.75) is 98.7 Å². The van der Waals surface area contributed by atoms with E-state index in [0.29, 0.717) is 30.8 Å². The Bertz CT molecular complexity index is 1060. The minimum atomic E-state index is -0.785. The predicted octanol–water partition coefficient (Wildman–Crippen LogP) is 5.41. The molecule has 0 spiro atoms. The Hall–Kier alpha value is -1.33. The third-order valence-electron chi connectivity index (χ3n) is 13.2. The Morgan fingerprint density at radius 3 is 2.50 bits per heavy atom. The zero-order chi connectivity index (χ0) is 26.1. The number of aliphatic hydroxyl groups excluding tert-OH is 2. The van der Waals surface area contributed by atoms with Gasteiger partial charge in [0.05, 0.1) is 42.5 Å². The molecule has 5 aliphatic carbocycles. The van der Waals surface area contributed by atoms with Gasteiger partial charge in [0.2, 0.25) is 0 Å². The van der Waals surface area contributed by atoms with E-state index in [9.17, 15) is 15.0 Å². The van der Waals surface area contributed by atoms with Gasteiger partial charge in [-0.2, -0.15) is 0 Å². The van der Waals surface area contributed by atoms with Crippen LogP contribution in [-0.4, -0.2) is 42.1 Å². The molecule has 36 heavy (non-hydrogen) atoms. The lowest BCUT2D eigenvalue weighted by atomic mass is 9.35. The average Bonchev–Trinajstić information content (AvgIpc) is 3.18. The van der Waals surface area contributed by atoms with Crippen molar-refractivity contribution in [1.29, 1.82) is 0 Å². The summed E-state index contributed by atoms with van der Waals surface area (Å²) >= 11 is 0. The van der Waals surface area contributed by atoms with Crippen LogP contribution in [0.3, 0.4) is 0 Å². The van der Waals surface area contributed by atoms with Gasteiger partial charge < -0.3 is 19.7 Å². The SMILES string of the molecule is COC(=O)[C@]12CC[C@@H](C)[C@H](C)[C@@H]1C1=CC[C@@H]3[C@@]4(C)C[C@@H](O)[C@H](O)[C@@]5(C)COC(=C45)C[C@@]3(C)[C@]1(C)CC2. The van der Waals surface area contributed by atoms with E-state index in [-0.39, 0.29) is 28.1 Å². The summed E-state index contributed by atoms with van der Waals surface area (Å²) in [7, 11) is 1.56. The Morgan fingerprint density at radius 2 is 1.81 bits per heavy atom. The molecule has 5 heteroatoms. The molecule has 0 saturated heterocycles. The molecule has 3 fully saturated rings. The first-order chi connectivity index (χ1) is 16.8. The van der Waals surface area contributed by atoms with Gasteiger partial charge in [-0.15, -0.1) is 0 Å². The fraction of sp³-hybridized carbons (Fsp3) is 0.839. The van der Waals surface area contributed by atoms with Gasteiger partial charge in [0, 0.05) is 6.42 Å². The Kier molecular flexibility index (Phi) is 5.14. The van der Waals surface area contributed by atoms with E-state index in [1.807, 2.05) is 0 Å². The summed E-state index contributed by atoms with van der Waals surface area (Å²) < 4.78 is 11.9. The highest BCUT2D eigenvalue weighted by molar-refractivity contribution is 5.78. The minimum absolute atomic E-state index is 0.0126. The fourth-order valence-corrected chi connectivity index (χ4v) is 11.0. The Morgan fingerprint density at radius 1 is 1.08 bits per heavy atom. The van der Waals surface area contributed by atoms with Crippen molar-refractivity contribution < 1.29 is 24.5 Å². The molecular weight excluding hydrogens is 452 g/mol. The number of allylic oxidation sites excluding steroid dienone is 3. The van der Waals surface area contributed by atoms with E-state index in [1.54, 1.807) is 7.11 Å². The van der Waals surface area contributed by atoms with Crippen LogP contribution < -0.4 is 0 Å². The second-order valence-corrected chi connectivity index (χ2v) is 14.5. The topological polar surface area (TPSA) is 76.0 Å². The number of methoxy groups -OCH3 is 1. The molecule has 200 valence electrons. The molecule has 0 aromatic rings. The molecule has 0 amide bonds. The van der Waals surface area contributed by atoms with Crippen LogP contribution in [0.25, 0.3) is 0 Å². The largest absolute Gasteiger partial charge is 0.497 e. The zero-order valence-electron chi connectivity index (χ0n) is 23.3. The normalized spacial score (nSPS) is 55.4. The lowest BCUT2D eigenvalue weighted by molar-refractivity contribution is -0.174. The summed E-state index contributed by atoms with van der Waals surface area (Å²) in [5.41, 5.74) is 1.49. The van der Waals surface area contributed by atoms with E-state index in [0.717, 1.165) is 44.3 Å². The van der Waals surface area contributed by atoms with Crippen LogP contribution in [0.4, 0.5) is 0 Å². The summed E-state index contributed by atoms with van der Waals surface area (Å²) in [6, 6.07) is 0. The Balaban J connectivity index is 1.50. The van der Waals surface area contributed by atoms with Crippen molar-refractivity contribution in [2.75, 3.05) is 13.7 Å². The fourth-order valence-electron chi connectivity index (χ4n) is 11.0. The van der Waals surface area contributed by atoms with Gasteiger partial charge in [-0.1, -0.05) is 46.3 Å². The van der Waals surface area contributed by atoms with Crippen molar-refractivity contribution >= 4 is 5.97 Å². The first-order valence-electron chi connectivity index (χ1n) is 14.3. The van der Waals surface area contributed by atoms with Crippen LogP contribution >= 0.6 is 0 Å². The average molecular weight is 499 g/mol. The number of hydrogen-bond donors (Lipinski definition) is 2. The van der Waals surface area contributed by atoms with E-state index in [1.165, 1.54) is 11.1 Å². The molecule has 0 aromatic carbocycles. The van der Waals surface area contributed by atoms with Crippen molar-refractivity contribution in [3.63, 3.8) is 0 Å². The van der Waals surface area contributed by atoms with Crippen molar-refractivity contribution in [3.05, 3.63) is 23.0 Å². The van der Waals surface area contributed by atoms with E-state index in [2.05, 4.69) is 47.6 Å². The summed E-state index contributed by atoms with van der Waals surface area (Å²) in [5, 5.41) is 22.1. The molecule has 11 atom stereocenters. The lowest BCUT2D eigenvalue weighted by Crippen LogP contribution is -2.64. The number of hydrogen-bond acceptors (Lipinski definition) is 5. The summed E-state index contributed by atoms with van der Waals surface area (Å²) in [6.45, 7) is 14.5. The number of esters is 1. The van der Waals surface area contributed by atoms with Crippen molar-refractivity contribution in [1.82, 2.24) is 0 Å². The monoisotopic (exact) mass is 498 g/mol. The molecule has 3 saturated carbocycles. The van der Waals surface area contributed by atoms with Crippen LogP contribution in [0, 0.1) is 50.7 Å². The maximum absolute atomic E-state index is 13.4. The van der Waals surface area contributed by atoms with Gasteiger partial charge in [-0.25, -0.2) is 0 Å². The molecule has 1 aliphatic heterocycles. The highest BCUT2D eigenvalue weighted by Gasteiger charge is 2.71. The zero-order valence-corrected chi connectivity index (χ0v) is 23.3. The van der Waals surface area contributed by atoms with Crippen LogP contribution in [0.1, 0.15) is 86.5 Å². The second kappa shape index (κ2) is 7.40. The highest BCUT2D eigenvalue weighted by Crippen LogP contribution is 2.76. The Labute approximate surface area is 216 Å². The maximum atomic E-state index is 13.4. The first-order valence-corrected chi connectivity index (χ1v) is 14.3. The molecular formula is C31H46O5. The first kappa shape index (κ1) is 25.0. The molecule has 5 nitrogen and oxygen atoms in total. The van der Waals surface area contributed by atoms with E-state index < -0.39 is 23.0 Å². The van der Waals surface area contributed by atoms with Gasteiger partial charge in [0.1, 0.15) is 0 Å². The lowest BCUT2D eigenvalue weighted by Gasteiger charge is -2.68. The molecule has 0 unspecified atom stereocenters. The maximum Gasteiger partial charge on any atom is 0.312 e. The molecule has 0 aromatic heterocycles. The number of fused-ring (bicyclic) bond motifs is 6. The van der Waals surface area contributed by atoms with Gasteiger partial charge in [0.25, 0.3) is 0 Å². The van der Waals surface area contributed by atoms with Crippen molar-refractivity contribution in [3.8, 4) is 0 Å². The van der Waals surface area contributed by atoms with Crippen LogP contribution in [0.2, 0.25) is 0 Å². The van der Waals surface area contributed by atoms with E-state index in [4.69, 9.17) is 9.47 Å². The van der Waals surface area contributed by atoms with Gasteiger partial charge >= 0.3 is 5.97 Å². The van der Waals surface area contributed by atoms with Gasteiger partial charge in [0.15, 0.2) is 0 Å². The molecule has 0 radical (unpaired) electrons. The molecule has 0 bridgehead atoms. The van der Waals surface area contributed by atoms with E-state index >= 15 is 0 Å². The van der Waals surface area contributed by atoms with Gasteiger partial charge in [-0.05, 0) is 90.9 Å². The number of carbonyl (C=O) groups is 1. The number of aliphatic hydroxyl groups is 2. The van der Waals surface area contributed by atoms with Crippen molar-refractivity contribution in [2.24, 2.45) is 50.7 Å². The van der Waals surface area contributed by atoms with Crippen LogP contribution in [0.15, 0.2) is 23.0 Å². The predicted molar refractivity (Wildman–Crippen MR) is 138 cm³/mol. The number of carbonyl (C=O) groups excluding carboxylic acids is 1. The summed E-state index contributed by atoms with van der Waals surface area (Å²) in [6.07, 6.45) is 7.23. The van der Waals surface area contributed by atoms with Gasteiger partial charge in [-0.3, -0.25) is 4.79 Å². The molecule has 1 heterocycles. The molecule has 6 aliphatic rings. The number of ether oxygens (including phenoxy) is 2. The third-order valence-corrected chi connectivity index (χ3v) is 13.2. The van der Waals surface area contributed by atoms with Crippen LogP contribution in [-0.2, 0) is 14.3 Å². The highest BCUT2D eigenvalue weighted by atomic mass is 16.5. The molecule has 2 N–H and O–H groups in total. The number of rotatable bonds is 1. The van der Waals surface area contributed by atoms with Crippen LogP contribution in [0.5, 0.6) is 0 Å². The smallest absolute Gasteiger partial charge is 0.312 e. The second-order valence-electron chi connectivity index (χ2n) is 14.5. The minimum Gasteiger partial charge on any atom is -0.497 e. The standard InChI is InChI=1S/C31H46O5/c1-17-10-11-31(26(34)35-7)13-12-29(5)19(23(31)18(17)2)8-9-22-27(3)14-20(32)25(33)28(4)16-36-21(24(27)28)15-30(22,29)6/h8,17-18,20,22-23,25,32-33H,9-16H2,1-7H3/t17-,18+,20-,22-,23-,25+,27-,28+,29-,30-,31+/m1/s1. The summed E-state index contributed by atoms with van der Waals surface area (Å²) in [5.74, 6) is 2.62. The quantitative estimate of drug-likeness (QED) is 0.374. The molecule has 6 rings (SSSR count). The summed E-state index contributed by atoms with van der Waals surface area (Å²) in [4.78, 5) is 13.4. The third kappa shape index (κ3) is 2.63.